The summed E-state index contributed by atoms with van der Waals surface area (Å²) in [4.78, 5) is 11.7. The molecule has 2 saturated carbocycles. The number of ketones is 1. The Kier molecular flexibility index (Phi) is 22.8. The normalized spacial score (nSPS) is 22.8. The minimum absolute atomic E-state index is 0.0200. The second-order valence-corrected chi connectivity index (χ2v) is 17.5. The van der Waals surface area contributed by atoms with E-state index in [2.05, 4.69) is 74.4 Å². The van der Waals surface area contributed by atoms with Gasteiger partial charge in [0.2, 0.25) is 0 Å². The molecule has 0 bridgehead atoms. The summed E-state index contributed by atoms with van der Waals surface area (Å²) in [7, 11) is 5.20. The fraction of sp³-hybridized carbons (Fsp3) is 0.723. The lowest BCUT2D eigenvalue weighted by atomic mass is 9.77. The number of benzene rings is 2. The summed E-state index contributed by atoms with van der Waals surface area (Å²) < 4.78 is 15.8. The molecular formula is C47H80O5. The van der Waals surface area contributed by atoms with Crippen molar-refractivity contribution in [2.24, 2.45) is 47.3 Å². The van der Waals surface area contributed by atoms with Gasteiger partial charge in [-0.25, -0.2) is 0 Å². The van der Waals surface area contributed by atoms with Crippen molar-refractivity contribution in [1.29, 1.82) is 0 Å². The molecule has 2 fully saturated rings. The van der Waals surface area contributed by atoms with Gasteiger partial charge < -0.3 is 19.3 Å². The molecule has 2 aliphatic carbocycles. The monoisotopic (exact) mass is 725 g/mol. The number of aliphatic hydroxyl groups is 1. The number of hydrogen-bond acceptors (Lipinski definition) is 5. The van der Waals surface area contributed by atoms with Crippen molar-refractivity contribution in [3.63, 3.8) is 0 Å². The Labute approximate surface area is 321 Å². The van der Waals surface area contributed by atoms with Crippen molar-refractivity contribution in [3.05, 3.63) is 58.7 Å². The summed E-state index contributed by atoms with van der Waals surface area (Å²) in [5.74, 6) is 7.55. The minimum atomic E-state index is -0.0200. The van der Waals surface area contributed by atoms with Crippen LogP contribution in [0.5, 0.6) is 11.5 Å². The molecule has 5 heteroatoms. The van der Waals surface area contributed by atoms with Gasteiger partial charge in [-0.05, 0) is 154 Å². The highest BCUT2D eigenvalue weighted by molar-refractivity contribution is 5.97. The fourth-order valence-electron chi connectivity index (χ4n) is 7.99. The van der Waals surface area contributed by atoms with Gasteiger partial charge in [-0.15, -0.1) is 0 Å². The number of aryl methyl sites for hydroxylation is 2. The third kappa shape index (κ3) is 18.1. The molecule has 1 N–H and O–H groups in total. The molecule has 0 spiro atoms. The Bertz CT molecular complexity index is 1260. The first-order valence-electron chi connectivity index (χ1n) is 20.4. The molecule has 2 aliphatic rings. The van der Waals surface area contributed by atoms with Gasteiger partial charge in [0.25, 0.3) is 0 Å². The summed E-state index contributed by atoms with van der Waals surface area (Å²) in [6, 6.07) is 11.9. The number of aliphatic hydroxyl groups excluding tert-OH is 1. The van der Waals surface area contributed by atoms with E-state index < -0.39 is 0 Å². The van der Waals surface area contributed by atoms with Crippen molar-refractivity contribution in [3.8, 4) is 11.5 Å². The molecule has 0 saturated heterocycles. The Morgan fingerprint density at radius 1 is 0.692 bits per heavy atom. The van der Waals surface area contributed by atoms with Gasteiger partial charge in [-0.1, -0.05) is 81.4 Å². The SMILES string of the molecule is CC(C)CC1CCC(O)C(C)C1.COC1CCC(CC(C)C)CC1C.COc1ccc(C(=O)C(C)C)cc1C.COc1ccc(CC(C)C)cc1C. The van der Waals surface area contributed by atoms with Gasteiger partial charge in [0, 0.05) is 18.6 Å². The van der Waals surface area contributed by atoms with Gasteiger partial charge in [-0.3, -0.25) is 4.79 Å². The fourth-order valence-corrected chi connectivity index (χ4v) is 7.99. The van der Waals surface area contributed by atoms with Crippen LogP contribution in [-0.2, 0) is 11.2 Å². The van der Waals surface area contributed by atoms with E-state index in [1.807, 2.05) is 52.1 Å². The van der Waals surface area contributed by atoms with Gasteiger partial charge >= 0.3 is 0 Å². The molecular weight excluding hydrogens is 645 g/mol. The third-order valence-corrected chi connectivity index (χ3v) is 10.7. The van der Waals surface area contributed by atoms with Crippen molar-refractivity contribution in [2.75, 3.05) is 21.3 Å². The van der Waals surface area contributed by atoms with Crippen molar-refractivity contribution in [1.82, 2.24) is 0 Å². The Morgan fingerprint density at radius 2 is 1.19 bits per heavy atom. The molecule has 0 heterocycles. The van der Waals surface area contributed by atoms with E-state index in [1.54, 1.807) is 14.2 Å². The highest BCUT2D eigenvalue weighted by Crippen LogP contribution is 2.34. The second kappa shape index (κ2) is 24.8. The lowest BCUT2D eigenvalue weighted by Gasteiger charge is -2.34. The van der Waals surface area contributed by atoms with Crippen LogP contribution in [0.4, 0.5) is 0 Å². The summed E-state index contributed by atoms with van der Waals surface area (Å²) >= 11 is 0. The summed E-state index contributed by atoms with van der Waals surface area (Å²) in [5.41, 5.74) is 4.38. The predicted molar refractivity (Wildman–Crippen MR) is 222 cm³/mol. The van der Waals surface area contributed by atoms with E-state index in [4.69, 9.17) is 14.2 Å². The van der Waals surface area contributed by atoms with Gasteiger partial charge in [0.15, 0.2) is 5.78 Å². The van der Waals surface area contributed by atoms with E-state index >= 15 is 0 Å². The number of methoxy groups -OCH3 is 3. The third-order valence-electron chi connectivity index (χ3n) is 10.7. The molecule has 2 aromatic rings. The van der Waals surface area contributed by atoms with Crippen LogP contribution in [0.2, 0.25) is 0 Å². The number of hydrogen-bond donors (Lipinski definition) is 1. The zero-order valence-electron chi connectivity index (χ0n) is 36.2. The first-order chi connectivity index (χ1) is 24.4. The van der Waals surface area contributed by atoms with Crippen LogP contribution in [0, 0.1) is 61.2 Å². The molecule has 6 unspecified atom stereocenters. The number of Topliss-reactive ketones (excluding diaryl/α,β-unsaturated/α-hetero) is 1. The molecule has 2 aromatic carbocycles. The van der Waals surface area contributed by atoms with E-state index in [9.17, 15) is 9.90 Å². The standard InChI is InChI=1S/C12H16O2.C12H24O.C12H18O.C11H22O/c1-8(2)12(13)10-5-6-11(14-4)9(3)7-10;2*1-9(2)7-11-5-6-12(13-4)10(3)8-11;1-8(2)6-10-4-5-11(12)9(3)7-10/h5-8H,1-4H3;9-12H,5-8H2,1-4H3;5-6,8-9H,7H2,1-4H3;8-12H,4-7H2,1-3H3. The second-order valence-electron chi connectivity index (χ2n) is 17.5. The highest BCUT2D eigenvalue weighted by atomic mass is 16.5. The Balaban J connectivity index is 0.000000347. The Hall–Kier alpha value is -2.37. The topological polar surface area (TPSA) is 65.0 Å². The smallest absolute Gasteiger partial charge is 0.165 e. The van der Waals surface area contributed by atoms with E-state index in [1.165, 1.54) is 56.1 Å². The van der Waals surface area contributed by atoms with Crippen molar-refractivity contribution in [2.45, 2.75) is 153 Å². The lowest BCUT2D eigenvalue weighted by molar-refractivity contribution is 0.0123. The van der Waals surface area contributed by atoms with Gasteiger partial charge in [-0.2, -0.15) is 0 Å². The van der Waals surface area contributed by atoms with Crippen molar-refractivity contribution >= 4 is 5.78 Å². The predicted octanol–water partition coefficient (Wildman–Crippen LogP) is 12.4. The number of rotatable bonds is 11. The Morgan fingerprint density at radius 3 is 1.60 bits per heavy atom. The first-order valence-corrected chi connectivity index (χ1v) is 20.4. The quantitative estimate of drug-likeness (QED) is 0.234. The lowest BCUT2D eigenvalue weighted by Crippen LogP contribution is -2.29. The number of ether oxygens (including phenoxy) is 3. The number of carbonyl (C=O) groups is 1. The summed E-state index contributed by atoms with van der Waals surface area (Å²) in [6.07, 6.45) is 11.9. The van der Waals surface area contributed by atoms with Crippen LogP contribution < -0.4 is 9.47 Å². The van der Waals surface area contributed by atoms with Crippen LogP contribution in [-0.4, -0.2) is 44.4 Å². The maximum Gasteiger partial charge on any atom is 0.165 e. The van der Waals surface area contributed by atoms with E-state index in [0.717, 1.165) is 65.1 Å². The molecule has 0 amide bonds. The molecule has 0 aromatic heterocycles. The summed E-state index contributed by atoms with van der Waals surface area (Å²) in [6.45, 7) is 26.0. The molecule has 298 valence electrons. The number of carbonyl (C=O) groups excluding carboxylic acids is 1. The van der Waals surface area contributed by atoms with Crippen LogP contribution in [0.15, 0.2) is 36.4 Å². The van der Waals surface area contributed by atoms with Gasteiger partial charge in [0.05, 0.1) is 26.4 Å². The minimum Gasteiger partial charge on any atom is -0.496 e. The molecule has 6 atom stereocenters. The van der Waals surface area contributed by atoms with Crippen LogP contribution in [0.25, 0.3) is 0 Å². The van der Waals surface area contributed by atoms with Crippen molar-refractivity contribution < 1.29 is 24.1 Å². The van der Waals surface area contributed by atoms with Gasteiger partial charge in [0.1, 0.15) is 11.5 Å². The molecule has 0 aliphatic heterocycles. The molecule has 5 nitrogen and oxygen atoms in total. The highest BCUT2D eigenvalue weighted by Gasteiger charge is 2.28. The van der Waals surface area contributed by atoms with E-state index in [0.29, 0.717) is 17.9 Å². The average Bonchev–Trinajstić information content (AvgIpc) is 3.06. The maximum atomic E-state index is 11.7. The summed E-state index contributed by atoms with van der Waals surface area (Å²) in [5, 5.41) is 9.53. The zero-order valence-corrected chi connectivity index (χ0v) is 36.2. The van der Waals surface area contributed by atoms with Crippen LogP contribution >= 0.6 is 0 Å². The average molecular weight is 725 g/mol. The van der Waals surface area contributed by atoms with E-state index in [-0.39, 0.29) is 17.8 Å². The van der Waals surface area contributed by atoms with Crippen LogP contribution in [0.3, 0.4) is 0 Å². The molecule has 4 rings (SSSR count). The molecule has 0 radical (unpaired) electrons. The molecule has 52 heavy (non-hydrogen) atoms. The zero-order chi connectivity index (χ0) is 39.5. The van der Waals surface area contributed by atoms with Crippen LogP contribution in [0.1, 0.15) is 148 Å². The largest absolute Gasteiger partial charge is 0.496 e. The first kappa shape index (κ1) is 47.7. The maximum absolute atomic E-state index is 11.7.